The molecule has 2 aliphatic heterocycles. The Morgan fingerprint density at radius 1 is 1.42 bits per heavy atom. The van der Waals surface area contributed by atoms with E-state index in [0.29, 0.717) is 6.61 Å². The summed E-state index contributed by atoms with van der Waals surface area (Å²) in [5, 5.41) is 0. The zero-order chi connectivity index (χ0) is 13.5. The highest BCUT2D eigenvalue weighted by molar-refractivity contribution is 6.00. The van der Waals surface area contributed by atoms with Crippen molar-refractivity contribution in [3.8, 4) is 0 Å². The number of amides is 1. The largest absolute Gasteiger partial charge is 0.399 e. The summed E-state index contributed by atoms with van der Waals surface area (Å²) < 4.78 is 5.68. The normalized spacial score (nSPS) is 26.3. The lowest BCUT2D eigenvalue weighted by molar-refractivity contribution is -0.136. The molecule has 1 saturated heterocycles. The molecule has 2 aliphatic rings. The topological polar surface area (TPSA) is 55.6 Å². The van der Waals surface area contributed by atoms with Crippen molar-refractivity contribution in [3.05, 3.63) is 23.8 Å². The van der Waals surface area contributed by atoms with E-state index < -0.39 is 5.60 Å². The van der Waals surface area contributed by atoms with Gasteiger partial charge < -0.3 is 15.4 Å². The molecule has 0 aliphatic carbocycles. The summed E-state index contributed by atoms with van der Waals surface area (Å²) in [5.41, 5.74) is 8.11. The molecular formula is C15H20N2O2. The average molecular weight is 260 g/mol. The van der Waals surface area contributed by atoms with Gasteiger partial charge in [-0.15, -0.1) is 0 Å². The Kier molecular flexibility index (Phi) is 2.97. The summed E-state index contributed by atoms with van der Waals surface area (Å²) in [7, 11) is 0. The molecule has 1 fully saturated rings. The number of benzene rings is 1. The number of hydrogen-bond acceptors (Lipinski definition) is 3. The lowest BCUT2D eigenvalue weighted by Gasteiger charge is -2.35. The van der Waals surface area contributed by atoms with Gasteiger partial charge in [-0.3, -0.25) is 4.79 Å². The second-order valence-electron chi connectivity index (χ2n) is 5.63. The summed E-state index contributed by atoms with van der Waals surface area (Å²) in [6.07, 6.45) is 3.75. The van der Waals surface area contributed by atoms with Crippen molar-refractivity contribution in [1.82, 2.24) is 0 Å². The van der Waals surface area contributed by atoms with Crippen molar-refractivity contribution in [2.24, 2.45) is 0 Å². The van der Waals surface area contributed by atoms with Crippen molar-refractivity contribution in [1.29, 1.82) is 0 Å². The molecule has 0 saturated carbocycles. The fourth-order valence-corrected chi connectivity index (χ4v) is 3.06. The Labute approximate surface area is 113 Å². The first-order valence-electron chi connectivity index (χ1n) is 6.94. The quantitative estimate of drug-likeness (QED) is 0.787. The van der Waals surface area contributed by atoms with Crippen molar-refractivity contribution < 1.29 is 9.53 Å². The van der Waals surface area contributed by atoms with Gasteiger partial charge in [0.1, 0.15) is 5.60 Å². The first kappa shape index (κ1) is 12.5. The molecule has 0 aromatic heterocycles. The van der Waals surface area contributed by atoms with E-state index in [9.17, 15) is 4.79 Å². The summed E-state index contributed by atoms with van der Waals surface area (Å²) in [6, 6.07) is 5.80. The lowest BCUT2D eigenvalue weighted by atomic mass is 9.96. The van der Waals surface area contributed by atoms with Gasteiger partial charge in [-0.05, 0) is 56.4 Å². The minimum absolute atomic E-state index is 0.0933. The minimum atomic E-state index is -0.643. The first-order valence-corrected chi connectivity index (χ1v) is 6.94. The number of ether oxygens (including phenoxy) is 1. The second kappa shape index (κ2) is 4.53. The SMILES string of the molecule is CC1(C(=O)N2CCCc3cc(N)ccc32)CCCO1. The third-order valence-electron chi connectivity index (χ3n) is 4.14. The number of aryl methyl sites for hydroxylation is 1. The van der Waals surface area contributed by atoms with Gasteiger partial charge in [0.2, 0.25) is 0 Å². The Hall–Kier alpha value is -1.55. The molecule has 4 nitrogen and oxygen atoms in total. The van der Waals surface area contributed by atoms with Crippen LogP contribution in [0.2, 0.25) is 0 Å². The van der Waals surface area contributed by atoms with Gasteiger partial charge in [0.15, 0.2) is 0 Å². The van der Waals surface area contributed by atoms with E-state index in [0.717, 1.165) is 43.6 Å². The Balaban J connectivity index is 1.93. The Morgan fingerprint density at radius 3 is 3.00 bits per heavy atom. The molecule has 0 bridgehead atoms. The number of rotatable bonds is 1. The first-order chi connectivity index (χ1) is 9.10. The van der Waals surface area contributed by atoms with Crippen molar-refractivity contribution in [3.63, 3.8) is 0 Å². The lowest BCUT2D eigenvalue weighted by Crippen LogP contribution is -2.48. The number of carbonyl (C=O) groups is 1. The van der Waals surface area contributed by atoms with Gasteiger partial charge in [0.25, 0.3) is 5.91 Å². The molecule has 1 unspecified atom stereocenters. The maximum Gasteiger partial charge on any atom is 0.258 e. The van der Waals surface area contributed by atoms with Gasteiger partial charge in [-0.2, -0.15) is 0 Å². The predicted molar refractivity (Wildman–Crippen MR) is 75.1 cm³/mol. The zero-order valence-electron chi connectivity index (χ0n) is 11.3. The zero-order valence-corrected chi connectivity index (χ0v) is 11.3. The van der Waals surface area contributed by atoms with Gasteiger partial charge in [0, 0.05) is 24.5 Å². The molecule has 0 radical (unpaired) electrons. The number of hydrogen-bond donors (Lipinski definition) is 1. The second-order valence-corrected chi connectivity index (χ2v) is 5.63. The number of fused-ring (bicyclic) bond motifs is 1. The van der Waals surface area contributed by atoms with E-state index in [1.807, 2.05) is 30.0 Å². The van der Waals surface area contributed by atoms with Crippen molar-refractivity contribution in [2.45, 2.75) is 38.2 Å². The number of anilines is 2. The number of nitrogens with zero attached hydrogens (tertiary/aromatic N) is 1. The highest BCUT2D eigenvalue weighted by atomic mass is 16.5. The van der Waals surface area contributed by atoms with E-state index in [1.165, 1.54) is 5.56 Å². The average Bonchev–Trinajstić information content (AvgIpc) is 2.85. The van der Waals surface area contributed by atoms with Crippen LogP contribution in [0.25, 0.3) is 0 Å². The van der Waals surface area contributed by atoms with Crippen LogP contribution >= 0.6 is 0 Å². The number of nitrogen functional groups attached to an aromatic ring is 1. The predicted octanol–water partition coefficient (Wildman–Crippen LogP) is 2.12. The van der Waals surface area contributed by atoms with Crippen LogP contribution in [-0.4, -0.2) is 24.7 Å². The van der Waals surface area contributed by atoms with E-state index in [4.69, 9.17) is 10.5 Å². The molecule has 102 valence electrons. The van der Waals surface area contributed by atoms with Gasteiger partial charge in [-0.1, -0.05) is 0 Å². The molecule has 1 atom stereocenters. The molecule has 1 aromatic rings. The molecule has 4 heteroatoms. The maximum atomic E-state index is 12.7. The van der Waals surface area contributed by atoms with E-state index in [2.05, 4.69) is 0 Å². The summed E-state index contributed by atoms with van der Waals surface area (Å²) in [4.78, 5) is 14.6. The molecule has 2 heterocycles. The highest BCUT2D eigenvalue weighted by Crippen LogP contribution is 2.34. The maximum absolute atomic E-state index is 12.7. The summed E-state index contributed by atoms with van der Waals surface area (Å²) in [6.45, 7) is 3.37. The summed E-state index contributed by atoms with van der Waals surface area (Å²) in [5.74, 6) is 0.0933. The molecular weight excluding hydrogens is 240 g/mol. The van der Waals surface area contributed by atoms with Crippen LogP contribution in [0.15, 0.2) is 18.2 Å². The Morgan fingerprint density at radius 2 is 2.26 bits per heavy atom. The smallest absolute Gasteiger partial charge is 0.258 e. The van der Waals surface area contributed by atoms with Crippen molar-refractivity contribution >= 4 is 17.3 Å². The molecule has 19 heavy (non-hydrogen) atoms. The van der Waals surface area contributed by atoms with Crippen LogP contribution in [0.5, 0.6) is 0 Å². The third-order valence-corrected chi connectivity index (χ3v) is 4.14. The molecule has 1 aromatic carbocycles. The van der Waals surface area contributed by atoms with Crippen LogP contribution in [0.3, 0.4) is 0 Å². The third kappa shape index (κ3) is 2.10. The van der Waals surface area contributed by atoms with Crippen LogP contribution in [0.4, 0.5) is 11.4 Å². The number of carbonyl (C=O) groups excluding carboxylic acids is 1. The van der Waals surface area contributed by atoms with Crippen LogP contribution in [-0.2, 0) is 16.0 Å². The minimum Gasteiger partial charge on any atom is -0.399 e. The number of nitrogens with two attached hydrogens (primary N) is 1. The highest BCUT2D eigenvalue weighted by Gasteiger charge is 2.41. The van der Waals surface area contributed by atoms with Crippen molar-refractivity contribution in [2.75, 3.05) is 23.8 Å². The van der Waals surface area contributed by atoms with E-state index in [1.54, 1.807) is 0 Å². The van der Waals surface area contributed by atoms with E-state index in [-0.39, 0.29) is 5.91 Å². The molecule has 1 amide bonds. The standard InChI is InChI=1S/C15H20N2O2/c1-15(7-3-9-19-15)14(18)17-8-2-4-11-10-12(16)5-6-13(11)17/h5-6,10H,2-4,7-9,16H2,1H3. The monoisotopic (exact) mass is 260 g/mol. The van der Waals surface area contributed by atoms with Crippen LogP contribution in [0.1, 0.15) is 31.7 Å². The Bertz CT molecular complexity index is 507. The fraction of sp³-hybridized carbons (Fsp3) is 0.533. The van der Waals surface area contributed by atoms with E-state index >= 15 is 0 Å². The summed E-state index contributed by atoms with van der Waals surface area (Å²) >= 11 is 0. The van der Waals surface area contributed by atoms with Crippen LogP contribution < -0.4 is 10.6 Å². The molecule has 0 spiro atoms. The van der Waals surface area contributed by atoms with Gasteiger partial charge >= 0.3 is 0 Å². The van der Waals surface area contributed by atoms with Gasteiger partial charge in [0.05, 0.1) is 0 Å². The molecule has 3 rings (SSSR count). The molecule has 2 N–H and O–H groups in total. The fourth-order valence-electron chi connectivity index (χ4n) is 3.06. The van der Waals surface area contributed by atoms with Gasteiger partial charge in [-0.25, -0.2) is 0 Å². The van der Waals surface area contributed by atoms with Crippen LogP contribution in [0, 0.1) is 0 Å².